The van der Waals surface area contributed by atoms with E-state index in [4.69, 9.17) is 11.6 Å². The second-order valence-corrected chi connectivity index (χ2v) is 3.00. The molecule has 1 heterocycles. The van der Waals surface area contributed by atoms with E-state index in [2.05, 4.69) is 4.37 Å². The Labute approximate surface area is 51.9 Å². The fourth-order valence-corrected chi connectivity index (χ4v) is 1.84. The van der Waals surface area contributed by atoms with Crippen molar-refractivity contribution in [2.24, 2.45) is 0 Å². The van der Waals surface area contributed by atoms with Crippen molar-refractivity contribution in [3.8, 4) is 0 Å². The van der Waals surface area contributed by atoms with Crippen molar-refractivity contribution in [3.63, 3.8) is 0 Å². The molecule has 0 spiro atoms. The number of rotatable bonds is 0. The molecule has 0 unspecified atom stereocenters. The molecule has 0 aliphatic rings. The lowest BCUT2D eigenvalue weighted by Gasteiger charge is -1.59. The van der Waals surface area contributed by atoms with Crippen LogP contribution in [0.2, 0.25) is 5.15 Å². The van der Waals surface area contributed by atoms with Crippen LogP contribution in [0.3, 0.4) is 0 Å². The maximum atomic E-state index is 10.3. The van der Waals surface area contributed by atoms with Gasteiger partial charge in [-0.3, -0.25) is 4.79 Å². The molecule has 1 aromatic heterocycles. The van der Waals surface area contributed by atoms with Gasteiger partial charge in [-0.2, -0.15) is 4.37 Å². The number of hydrogen-bond donors (Lipinski definition) is 0. The van der Waals surface area contributed by atoms with E-state index in [1.807, 2.05) is 0 Å². The normalized spacial score (nSPS) is 9.29. The van der Waals surface area contributed by atoms with E-state index in [9.17, 15) is 4.79 Å². The highest BCUT2D eigenvalue weighted by atomic mass is 35.5. The van der Waals surface area contributed by atoms with Gasteiger partial charge in [0.1, 0.15) is 0 Å². The SMILES string of the molecule is O=c1ssnc1Cl. The molecule has 0 saturated heterocycles. The topological polar surface area (TPSA) is 30.0 Å². The summed E-state index contributed by atoms with van der Waals surface area (Å²) in [6.07, 6.45) is 0. The largest absolute Gasteiger partial charge is 0.281 e. The smallest absolute Gasteiger partial charge is 0.273 e. The maximum absolute atomic E-state index is 10.3. The average Bonchev–Trinajstić information content (AvgIpc) is 1.91. The van der Waals surface area contributed by atoms with E-state index in [1.165, 1.54) is 0 Å². The Morgan fingerprint density at radius 2 is 2.43 bits per heavy atom. The van der Waals surface area contributed by atoms with Gasteiger partial charge in [-0.1, -0.05) is 11.6 Å². The van der Waals surface area contributed by atoms with E-state index in [-0.39, 0.29) is 9.90 Å². The van der Waals surface area contributed by atoms with Gasteiger partial charge in [-0.05, 0) is 10.3 Å². The lowest BCUT2D eigenvalue weighted by Crippen LogP contribution is -1.86. The molecule has 0 N–H and O–H groups in total. The molecular weight excluding hydrogens is 154 g/mol. The molecule has 2 nitrogen and oxygen atoms in total. The third-order valence-corrected chi connectivity index (χ3v) is 2.44. The van der Waals surface area contributed by atoms with Gasteiger partial charge in [0.25, 0.3) is 4.74 Å². The summed E-state index contributed by atoms with van der Waals surface area (Å²) in [4.78, 5) is 10.3. The minimum absolute atomic E-state index is 0.0926. The summed E-state index contributed by atoms with van der Waals surface area (Å²) < 4.78 is 3.38. The fraction of sp³-hybridized carbons (Fsp3) is 0. The van der Waals surface area contributed by atoms with Crippen molar-refractivity contribution in [2.75, 3.05) is 0 Å². The quantitative estimate of drug-likeness (QED) is 0.525. The first-order valence-electron chi connectivity index (χ1n) is 1.42. The van der Waals surface area contributed by atoms with Gasteiger partial charge < -0.3 is 0 Å². The monoisotopic (exact) mass is 153 g/mol. The number of aromatic nitrogens is 1. The van der Waals surface area contributed by atoms with Gasteiger partial charge in [0, 0.05) is 10.5 Å². The van der Waals surface area contributed by atoms with Crippen molar-refractivity contribution < 1.29 is 0 Å². The van der Waals surface area contributed by atoms with E-state index < -0.39 is 0 Å². The Morgan fingerprint density at radius 3 is 2.57 bits per heavy atom. The number of halogens is 1. The Bertz CT molecular complexity index is 203. The summed E-state index contributed by atoms with van der Waals surface area (Å²) in [7, 11) is 2.16. The fourth-order valence-electron chi connectivity index (χ4n) is 0.157. The van der Waals surface area contributed by atoms with Gasteiger partial charge in [-0.25, -0.2) is 0 Å². The van der Waals surface area contributed by atoms with Crippen LogP contribution < -0.4 is 4.74 Å². The molecule has 0 atom stereocenters. The highest BCUT2D eigenvalue weighted by Crippen LogP contribution is 2.02. The number of nitrogens with zero attached hydrogens (tertiary/aromatic N) is 1. The van der Waals surface area contributed by atoms with Crippen LogP contribution in [0.1, 0.15) is 0 Å². The summed E-state index contributed by atoms with van der Waals surface area (Å²) in [5.74, 6) is 0. The molecule has 0 radical (unpaired) electrons. The molecule has 0 aromatic carbocycles. The zero-order valence-electron chi connectivity index (χ0n) is 3.05. The molecule has 0 fully saturated rings. The lowest BCUT2D eigenvalue weighted by molar-refractivity contribution is 1.54. The Balaban J connectivity index is 3.39. The first kappa shape index (κ1) is 5.21. The van der Waals surface area contributed by atoms with E-state index in [1.54, 1.807) is 0 Å². The third kappa shape index (κ3) is 0.992. The van der Waals surface area contributed by atoms with Gasteiger partial charge >= 0.3 is 0 Å². The summed E-state index contributed by atoms with van der Waals surface area (Å²) >= 11 is 5.22. The van der Waals surface area contributed by atoms with Crippen molar-refractivity contribution in [1.82, 2.24) is 4.37 Å². The van der Waals surface area contributed by atoms with Crippen LogP contribution in [0.5, 0.6) is 0 Å². The van der Waals surface area contributed by atoms with E-state index in [0.29, 0.717) is 0 Å². The molecule has 0 aliphatic heterocycles. The van der Waals surface area contributed by atoms with Crippen molar-refractivity contribution in [1.29, 1.82) is 0 Å². The third-order valence-electron chi connectivity index (χ3n) is 0.399. The minimum Gasteiger partial charge on any atom is -0.273 e. The van der Waals surface area contributed by atoms with Gasteiger partial charge in [0.15, 0.2) is 0 Å². The van der Waals surface area contributed by atoms with Crippen LogP contribution in [0.25, 0.3) is 0 Å². The van der Waals surface area contributed by atoms with Crippen LogP contribution in [0.15, 0.2) is 4.79 Å². The predicted molar refractivity (Wildman–Crippen MR) is 31.3 cm³/mol. The molecular formula is C2ClNOS2. The van der Waals surface area contributed by atoms with Crippen molar-refractivity contribution in [3.05, 3.63) is 14.7 Å². The first-order chi connectivity index (χ1) is 3.30. The second kappa shape index (κ2) is 1.90. The summed E-state index contributed by atoms with van der Waals surface area (Å²) in [5.41, 5.74) is 0. The molecule has 1 aromatic rings. The molecule has 5 heteroatoms. The maximum Gasteiger partial charge on any atom is 0.281 e. The Hall–Kier alpha value is 0.0700. The zero-order chi connectivity index (χ0) is 5.28. The van der Waals surface area contributed by atoms with E-state index in [0.717, 1.165) is 20.9 Å². The molecule has 1 rings (SSSR count). The Morgan fingerprint density at radius 1 is 1.71 bits per heavy atom. The second-order valence-electron chi connectivity index (χ2n) is 0.827. The van der Waals surface area contributed by atoms with Crippen LogP contribution in [-0.2, 0) is 0 Å². The average molecular weight is 154 g/mol. The van der Waals surface area contributed by atoms with Crippen LogP contribution in [-0.4, -0.2) is 4.37 Å². The zero-order valence-corrected chi connectivity index (χ0v) is 5.44. The Kier molecular flexibility index (Phi) is 1.41. The van der Waals surface area contributed by atoms with Crippen LogP contribution in [0, 0.1) is 0 Å². The summed E-state index contributed by atoms with van der Waals surface area (Å²) in [6, 6.07) is 0. The van der Waals surface area contributed by atoms with Crippen LogP contribution in [0.4, 0.5) is 0 Å². The predicted octanol–water partition coefficient (Wildman–Crippen LogP) is 1.22. The van der Waals surface area contributed by atoms with Crippen molar-refractivity contribution >= 4 is 32.5 Å². The molecule has 0 bridgehead atoms. The van der Waals surface area contributed by atoms with Gasteiger partial charge in [0.05, 0.1) is 0 Å². The molecule has 0 amide bonds. The van der Waals surface area contributed by atoms with Crippen LogP contribution >= 0.6 is 32.5 Å². The highest BCUT2D eigenvalue weighted by Gasteiger charge is 1.93. The van der Waals surface area contributed by atoms with Crippen molar-refractivity contribution in [2.45, 2.75) is 0 Å². The van der Waals surface area contributed by atoms with E-state index >= 15 is 0 Å². The first-order valence-corrected chi connectivity index (χ1v) is 3.90. The summed E-state index contributed by atoms with van der Waals surface area (Å²) in [6.45, 7) is 0. The lowest BCUT2D eigenvalue weighted by atomic mass is 11.0. The highest BCUT2D eigenvalue weighted by molar-refractivity contribution is 7.66. The van der Waals surface area contributed by atoms with Gasteiger partial charge in [0.2, 0.25) is 5.15 Å². The van der Waals surface area contributed by atoms with Gasteiger partial charge in [-0.15, -0.1) is 0 Å². The molecule has 0 saturated carbocycles. The molecule has 0 aliphatic carbocycles. The number of hydrogen-bond acceptors (Lipinski definition) is 4. The summed E-state index contributed by atoms with van der Waals surface area (Å²) in [5, 5.41) is 0.0926. The molecule has 38 valence electrons. The molecule has 7 heavy (non-hydrogen) atoms. The minimum atomic E-state index is -0.147. The standard InChI is InChI=1S/C2ClNOS2/c3-1-2(5)6-7-4-1.